The molecule has 2 aliphatic heterocycles. The van der Waals surface area contributed by atoms with Crippen molar-refractivity contribution in [1.29, 1.82) is 0 Å². The second-order valence-corrected chi connectivity index (χ2v) is 11.8. The number of imidazole rings is 1. The van der Waals surface area contributed by atoms with Crippen molar-refractivity contribution in [2.45, 2.75) is 46.3 Å². The molecule has 4 aromatic rings. The number of H-pyrrole nitrogens is 1. The smallest absolute Gasteiger partial charge is 0.330 e. The quantitative estimate of drug-likeness (QED) is 0.201. The second-order valence-electron chi connectivity index (χ2n) is 11.8. The number of likely N-dealkylation sites (tertiary alicyclic amines) is 1. The highest BCUT2D eigenvalue weighted by Crippen LogP contribution is 2.43. The number of hydrogen-bond acceptors (Lipinski definition) is 5. The Balaban J connectivity index is 1.27. The first-order valence-electron chi connectivity index (χ1n) is 14.7. The van der Waals surface area contributed by atoms with E-state index in [0.717, 1.165) is 52.0 Å². The average molecular weight is 561 g/mol. The minimum Gasteiger partial charge on any atom is -0.488 e. The molecule has 2 atom stereocenters. The van der Waals surface area contributed by atoms with Crippen LogP contribution in [0.1, 0.15) is 51.0 Å². The lowest BCUT2D eigenvalue weighted by molar-refractivity contribution is -0.136. The summed E-state index contributed by atoms with van der Waals surface area (Å²) >= 11 is 0. The van der Waals surface area contributed by atoms with Crippen LogP contribution in [0.2, 0.25) is 0 Å². The van der Waals surface area contributed by atoms with Crippen LogP contribution in [-0.4, -0.2) is 48.2 Å². The van der Waals surface area contributed by atoms with E-state index in [9.17, 15) is 9.59 Å². The second kappa shape index (κ2) is 11.2. The molecule has 1 amide bonds. The topological polar surface area (TPSA) is 84.5 Å². The number of fused-ring (bicyclic) bond motifs is 5. The van der Waals surface area contributed by atoms with Crippen LogP contribution in [0.3, 0.4) is 0 Å². The number of nitrogens with one attached hydrogen (secondary N) is 1. The molecule has 1 aromatic heterocycles. The Morgan fingerprint density at radius 2 is 1.95 bits per heavy atom. The number of esters is 1. The maximum absolute atomic E-state index is 13.8. The van der Waals surface area contributed by atoms with Crippen LogP contribution in [0.25, 0.3) is 33.2 Å². The Hall–Kier alpha value is -4.33. The number of ether oxygens (including phenoxy) is 2. The fourth-order valence-electron chi connectivity index (χ4n) is 6.58. The summed E-state index contributed by atoms with van der Waals surface area (Å²) in [6, 6.07) is 17.1. The first-order chi connectivity index (χ1) is 20.2. The molecule has 214 valence electrons. The minimum atomic E-state index is -0.443. The summed E-state index contributed by atoms with van der Waals surface area (Å²) in [4.78, 5) is 35.9. The Bertz CT molecular complexity index is 1720. The van der Waals surface area contributed by atoms with Gasteiger partial charge < -0.3 is 19.4 Å². The Morgan fingerprint density at radius 3 is 2.74 bits per heavy atom. The molecule has 1 fully saturated rings. The van der Waals surface area contributed by atoms with Crippen molar-refractivity contribution in [2.75, 3.05) is 13.7 Å². The monoisotopic (exact) mass is 561 g/mol. The van der Waals surface area contributed by atoms with Gasteiger partial charge in [0.2, 0.25) is 5.91 Å². The molecule has 0 unspecified atom stereocenters. The fraction of sp³-hybridized carbons (Fsp3) is 0.324. The van der Waals surface area contributed by atoms with Crippen molar-refractivity contribution >= 4 is 36.0 Å². The van der Waals surface area contributed by atoms with E-state index in [2.05, 4.69) is 61.4 Å². The van der Waals surface area contributed by atoms with Crippen LogP contribution in [0.4, 0.5) is 0 Å². The van der Waals surface area contributed by atoms with Crippen LogP contribution in [0, 0.1) is 11.8 Å². The molecule has 3 aromatic carbocycles. The van der Waals surface area contributed by atoms with Gasteiger partial charge in [0.25, 0.3) is 0 Å². The predicted molar refractivity (Wildman–Crippen MR) is 167 cm³/mol. The molecule has 8 heteroatoms. The van der Waals surface area contributed by atoms with E-state index >= 15 is 0 Å². The van der Waals surface area contributed by atoms with Gasteiger partial charge in [0.05, 0.1) is 31.0 Å². The van der Waals surface area contributed by atoms with Gasteiger partial charge in [-0.05, 0) is 54.3 Å². The summed E-state index contributed by atoms with van der Waals surface area (Å²) in [6.45, 7) is 7.08. The Labute approximate surface area is 247 Å². The van der Waals surface area contributed by atoms with Crippen LogP contribution in [0.15, 0.2) is 66.4 Å². The van der Waals surface area contributed by atoms with Crippen molar-refractivity contribution in [3.8, 4) is 28.1 Å². The molecule has 42 heavy (non-hydrogen) atoms. The van der Waals surface area contributed by atoms with E-state index in [1.807, 2.05) is 31.9 Å². The van der Waals surface area contributed by atoms with E-state index in [1.165, 1.54) is 29.8 Å². The zero-order valence-electron chi connectivity index (χ0n) is 24.9. The zero-order chi connectivity index (χ0) is 29.5. The predicted octanol–water partition coefficient (Wildman–Crippen LogP) is 5.10. The highest BCUT2D eigenvalue weighted by Gasteiger charge is 2.37. The Morgan fingerprint density at radius 1 is 1.14 bits per heavy atom. The van der Waals surface area contributed by atoms with Gasteiger partial charge in [0.15, 0.2) is 0 Å². The Kier molecular flexibility index (Phi) is 7.39. The number of carbonyl (C=O) groups is 2. The zero-order valence-corrected chi connectivity index (χ0v) is 24.9. The molecule has 1 N–H and O–H groups in total. The standard InChI is InChI=1S/C34H36BN3O4/c1-19(2)31(20(3)14-30(39)41-4)34(40)38-13-5-6-29(38)33-36-17-28(37-33)22-8-10-26-21(15-22)7-11-27-25-12-9-24(35)16-23(25)18-42-32(26)27/h7-12,14-17,19,29,31H,5-6,13,18,35H2,1-4H3,(H,36,37)/b20-14-/t29-,31+/m0/s1. The summed E-state index contributed by atoms with van der Waals surface area (Å²) < 4.78 is 11.1. The number of amides is 1. The van der Waals surface area contributed by atoms with Crippen molar-refractivity contribution in [3.05, 3.63) is 77.8 Å². The lowest BCUT2D eigenvalue weighted by atomic mass is 9.87. The van der Waals surface area contributed by atoms with Gasteiger partial charge in [-0.1, -0.05) is 61.3 Å². The number of nitrogens with zero attached hydrogens (tertiary/aromatic N) is 2. The summed E-state index contributed by atoms with van der Waals surface area (Å²) in [5.41, 5.74) is 7.47. The molecule has 0 radical (unpaired) electrons. The number of benzene rings is 3. The maximum Gasteiger partial charge on any atom is 0.330 e. The fourth-order valence-corrected chi connectivity index (χ4v) is 6.58. The number of carbonyl (C=O) groups excluding carboxylic acids is 2. The van der Waals surface area contributed by atoms with Crippen molar-refractivity contribution in [2.24, 2.45) is 11.8 Å². The molecule has 2 aliphatic rings. The van der Waals surface area contributed by atoms with Gasteiger partial charge in [-0.3, -0.25) is 4.79 Å². The third kappa shape index (κ3) is 4.99. The van der Waals surface area contributed by atoms with Gasteiger partial charge in [-0.2, -0.15) is 0 Å². The number of hydrogen-bond donors (Lipinski definition) is 1. The van der Waals surface area contributed by atoms with Crippen LogP contribution >= 0.6 is 0 Å². The van der Waals surface area contributed by atoms with E-state index in [0.29, 0.717) is 18.7 Å². The largest absolute Gasteiger partial charge is 0.488 e. The van der Waals surface area contributed by atoms with Gasteiger partial charge >= 0.3 is 5.97 Å². The van der Waals surface area contributed by atoms with Gasteiger partial charge in [0, 0.05) is 29.1 Å². The molecular weight excluding hydrogens is 525 g/mol. The van der Waals surface area contributed by atoms with E-state index in [1.54, 1.807) is 0 Å². The van der Waals surface area contributed by atoms with Gasteiger partial charge in [-0.25, -0.2) is 9.78 Å². The van der Waals surface area contributed by atoms with E-state index < -0.39 is 11.9 Å². The lowest BCUT2D eigenvalue weighted by Crippen LogP contribution is -2.38. The maximum atomic E-state index is 13.8. The normalized spacial score (nSPS) is 17.1. The molecule has 1 saturated heterocycles. The molecular formula is C34H36BN3O4. The van der Waals surface area contributed by atoms with Gasteiger partial charge in [0.1, 0.15) is 26.0 Å². The van der Waals surface area contributed by atoms with E-state index in [4.69, 9.17) is 14.5 Å². The average Bonchev–Trinajstić information content (AvgIpc) is 3.66. The van der Waals surface area contributed by atoms with E-state index in [-0.39, 0.29) is 17.9 Å². The third-order valence-corrected chi connectivity index (χ3v) is 8.62. The molecule has 7 nitrogen and oxygen atoms in total. The highest BCUT2D eigenvalue weighted by molar-refractivity contribution is 6.32. The summed E-state index contributed by atoms with van der Waals surface area (Å²) in [6.07, 6.45) is 5.03. The SMILES string of the molecule is Bc1ccc2c(c1)COc1c-2ccc2cc(-c3cnc([C@@H]4CCCN4C(=O)[C@@H](/C(C)=C\C(=O)OC)C(C)C)[nH]3)ccc12. The molecule has 0 bridgehead atoms. The molecule has 0 saturated carbocycles. The van der Waals surface area contributed by atoms with Crippen LogP contribution in [-0.2, 0) is 20.9 Å². The third-order valence-electron chi connectivity index (χ3n) is 8.62. The highest BCUT2D eigenvalue weighted by atomic mass is 16.5. The van der Waals surface area contributed by atoms with Crippen molar-refractivity contribution < 1.29 is 19.1 Å². The first-order valence-corrected chi connectivity index (χ1v) is 14.7. The van der Waals surface area contributed by atoms with Crippen molar-refractivity contribution in [3.63, 3.8) is 0 Å². The lowest BCUT2D eigenvalue weighted by Gasteiger charge is -2.30. The number of methoxy groups -OCH3 is 1. The summed E-state index contributed by atoms with van der Waals surface area (Å²) in [5.74, 6) is 0.934. The molecule has 0 spiro atoms. The van der Waals surface area contributed by atoms with Crippen molar-refractivity contribution in [1.82, 2.24) is 14.9 Å². The van der Waals surface area contributed by atoms with Crippen LogP contribution < -0.4 is 10.2 Å². The molecule has 0 aliphatic carbocycles. The summed E-state index contributed by atoms with van der Waals surface area (Å²) in [7, 11) is 3.45. The number of rotatable bonds is 6. The molecule has 6 rings (SSSR count). The van der Waals surface area contributed by atoms with Gasteiger partial charge in [-0.15, -0.1) is 0 Å². The first kappa shape index (κ1) is 27.8. The van der Waals surface area contributed by atoms with Crippen LogP contribution in [0.5, 0.6) is 5.75 Å². The minimum absolute atomic E-state index is 0.0234. The summed E-state index contributed by atoms with van der Waals surface area (Å²) in [5, 5.41) is 2.19. The number of aromatic nitrogens is 2. The number of aromatic amines is 1. The molecule has 3 heterocycles.